The van der Waals surface area contributed by atoms with Crippen LogP contribution in [0.3, 0.4) is 0 Å². The summed E-state index contributed by atoms with van der Waals surface area (Å²) in [5, 5.41) is 0. The molecule has 0 heterocycles. The van der Waals surface area contributed by atoms with Crippen LogP contribution in [0, 0.1) is 0 Å². The van der Waals surface area contributed by atoms with Crippen LogP contribution in [0.2, 0.25) is 0 Å². The standard InChI is InChI=1S/C9H16N2/c1-5-7-11-8(6-2)9(3,4)10/h5-7H,1,10H2,2-4H3/b8-6-,11-7-. The SMILES string of the molecule is C=C/C=N\C(=C/C)C(C)(C)N. The Labute approximate surface area is 68.5 Å². The van der Waals surface area contributed by atoms with Crippen molar-refractivity contribution in [3.8, 4) is 0 Å². The van der Waals surface area contributed by atoms with Gasteiger partial charge in [-0.3, -0.25) is 4.99 Å². The smallest absolute Gasteiger partial charge is 0.0554 e. The summed E-state index contributed by atoms with van der Waals surface area (Å²) < 4.78 is 0. The van der Waals surface area contributed by atoms with Crippen molar-refractivity contribution >= 4 is 6.21 Å². The van der Waals surface area contributed by atoms with Crippen molar-refractivity contribution in [2.45, 2.75) is 26.3 Å². The lowest BCUT2D eigenvalue weighted by Crippen LogP contribution is -2.33. The van der Waals surface area contributed by atoms with Crippen molar-refractivity contribution in [3.05, 3.63) is 24.4 Å². The van der Waals surface area contributed by atoms with Gasteiger partial charge < -0.3 is 5.73 Å². The molecule has 0 saturated heterocycles. The van der Waals surface area contributed by atoms with E-state index in [4.69, 9.17) is 5.73 Å². The molecule has 0 saturated carbocycles. The summed E-state index contributed by atoms with van der Waals surface area (Å²) >= 11 is 0. The maximum Gasteiger partial charge on any atom is 0.0554 e. The van der Waals surface area contributed by atoms with E-state index < -0.39 is 0 Å². The molecule has 11 heavy (non-hydrogen) atoms. The van der Waals surface area contributed by atoms with Crippen LogP contribution in [0.4, 0.5) is 0 Å². The monoisotopic (exact) mass is 152 g/mol. The number of aliphatic imine (C=N–C) groups is 1. The Morgan fingerprint density at radius 3 is 2.36 bits per heavy atom. The molecular weight excluding hydrogens is 136 g/mol. The van der Waals surface area contributed by atoms with Gasteiger partial charge in [-0.1, -0.05) is 18.7 Å². The van der Waals surface area contributed by atoms with E-state index in [2.05, 4.69) is 11.6 Å². The summed E-state index contributed by atoms with van der Waals surface area (Å²) in [5.74, 6) is 0. The minimum atomic E-state index is -0.367. The summed E-state index contributed by atoms with van der Waals surface area (Å²) in [6, 6.07) is 0. The second-order valence-corrected chi connectivity index (χ2v) is 2.91. The van der Waals surface area contributed by atoms with Crippen LogP contribution in [0.1, 0.15) is 20.8 Å². The molecule has 2 N–H and O–H groups in total. The van der Waals surface area contributed by atoms with Crippen LogP contribution >= 0.6 is 0 Å². The Morgan fingerprint density at radius 1 is 1.55 bits per heavy atom. The van der Waals surface area contributed by atoms with Crippen LogP contribution < -0.4 is 5.73 Å². The van der Waals surface area contributed by atoms with Crippen molar-refractivity contribution in [3.63, 3.8) is 0 Å². The Bertz CT molecular complexity index is 182. The zero-order valence-corrected chi connectivity index (χ0v) is 7.46. The van der Waals surface area contributed by atoms with E-state index in [-0.39, 0.29) is 5.54 Å². The first-order chi connectivity index (χ1) is 5.02. The molecular formula is C9H16N2. The molecule has 0 aromatic heterocycles. The summed E-state index contributed by atoms with van der Waals surface area (Å²) in [7, 11) is 0. The molecule has 0 aliphatic heterocycles. The number of nitrogens with two attached hydrogens (primary N) is 1. The Hall–Kier alpha value is -0.890. The van der Waals surface area contributed by atoms with Crippen molar-refractivity contribution in [2.75, 3.05) is 0 Å². The molecule has 0 aliphatic rings. The second kappa shape index (κ2) is 4.09. The Kier molecular flexibility index (Phi) is 3.76. The predicted molar refractivity (Wildman–Crippen MR) is 50.7 cm³/mol. The molecule has 0 amide bonds. The molecule has 0 atom stereocenters. The number of hydrogen-bond acceptors (Lipinski definition) is 2. The van der Waals surface area contributed by atoms with Crippen LogP contribution in [-0.2, 0) is 0 Å². The fraction of sp³-hybridized carbons (Fsp3) is 0.444. The lowest BCUT2D eigenvalue weighted by Gasteiger charge is -2.18. The number of allylic oxidation sites excluding steroid dienone is 2. The predicted octanol–water partition coefficient (Wildman–Crippen LogP) is 1.88. The third kappa shape index (κ3) is 3.73. The summed E-state index contributed by atoms with van der Waals surface area (Å²) in [5.41, 5.74) is 6.32. The minimum Gasteiger partial charge on any atom is -0.321 e. The average Bonchev–Trinajstić information content (AvgIpc) is 1.87. The van der Waals surface area contributed by atoms with Crippen molar-refractivity contribution in [1.82, 2.24) is 0 Å². The molecule has 0 aromatic carbocycles. The fourth-order valence-electron chi connectivity index (χ4n) is 0.746. The van der Waals surface area contributed by atoms with Gasteiger partial charge in [-0.05, 0) is 20.8 Å². The number of rotatable bonds is 3. The molecule has 0 fully saturated rings. The van der Waals surface area contributed by atoms with Crippen molar-refractivity contribution < 1.29 is 0 Å². The van der Waals surface area contributed by atoms with Gasteiger partial charge in [0.25, 0.3) is 0 Å². The quantitative estimate of drug-likeness (QED) is 0.616. The van der Waals surface area contributed by atoms with Gasteiger partial charge in [0.1, 0.15) is 0 Å². The van der Waals surface area contributed by atoms with E-state index >= 15 is 0 Å². The van der Waals surface area contributed by atoms with Crippen LogP contribution in [-0.4, -0.2) is 11.8 Å². The highest BCUT2D eigenvalue weighted by molar-refractivity contribution is 5.71. The van der Waals surface area contributed by atoms with Crippen molar-refractivity contribution in [2.24, 2.45) is 10.7 Å². The summed E-state index contributed by atoms with van der Waals surface area (Å²) in [4.78, 5) is 4.12. The molecule has 2 nitrogen and oxygen atoms in total. The van der Waals surface area contributed by atoms with Crippen LogP contribution in [0.15, 0.2) is 29.4 Å². The number of nitrogens with zero attached hydrogens (tertiary/aromatic N) is 1. The lowest BCUT2D eigenvalue weighted by atomic mass is 10.0. The first kappa shape index (κ1) is 10.1. The second-order valence-electron chi connectivity index (χ2n) is 2.91. The van der Waals surface area contributed by atoms with Gasteiger partial charge in [0.2, 0.25) is 0 Å². The molecule has 0 unspecified atom stereocenters. The van der Waals surface area contributed by atoms with Gasteiger partial charge in [-0.2, -0.15) is 0 Å². The van der Waals surface area contributed by atoms with Crippen LogP contribution in [0.5, 0.6) is 0 Å². The van der Waals surface area contributed by atoms with E-state index in [0.29, 0.717) is 0 Å². The third-order valence-electron chi connectivity index (χ3n) is 1.25. The maximum atomic E-state index is 5.81. The highest BCUT2D eigenvalue weighted by Crippen LogP contribution is 2.12. The van der Waals surface area contributed by atoms with E-state index in [1.54, 1.807) is 12.3 Å². The third-order valence-corrected chi connectivity index (χ3v) is 1.25. The topological polar surface area (TPSA) is 38.4 Å². The molecule has 0 aliphatic carbocycles. The fourth-order valence-corrected chi connectivity index (χ4v) is 0.746. The minimum absolute atomic E-state index is 0.367. The molecule has 62 valence electrons. The molecule has 0 spiro atoms. The average molecular weight is 152 g/mol. The van der Waals surface area contributed by atoms with Crippen molar-refractivity contribution in [1.29, 1.82) is 0 Å². The Balaban J connectivity index is 4.45. The molecule has 0 bridgehead atoms. The van der Waals surface area contributed by atoms with Gasteiger partial charge in [0.05, 0.1) is 11.2 Å². The zero-order valence-electron chi connectivity index (χ0n) is 7.46. The zero-order chi connectivity index (χ0) is 8.91. The first-order valence-electron chi connectivity index (χ1n) is 3.63. The summed E-state index contributed by atoms with van der Waals surface area (Å²) in [6.45, 7) is 9.29. The summed E-state index contributed by atoms with van der Waals surface area (Å²) in [6.07, 6.45) is 5.18. The van der Waals surface area contributed by atoms with E-state index in [9.17, 15) is 0 Å². The normalized spacial score (nSPS) is 14.0. The van der Waals surface area contributed by atoms with E-state index in [1.165, 1.54) is 0 Å². The molecule has 2 heteroatoms. The Morgan fingerprint density at radius 2 is 2.09 bits per heavy atom. The molecule has 0 aromatic rings. The highest BCUT2D eigenvalue weighted by atomic mass is 14.9. The van der Waals surface area contributed by atoms with Gasteiger partial charge in [-0.15, -0.1) is 0 Å². The first-order valence-corrected chi connectivity index (χ1v) is 3.63. The highest BCUT2D eigenvalue weighted by Gasteiger charge is 2.14. The largest absolute Gasteiger partial charge is 0.321 e. The molecule has 0 rings (SSSR count). The molecule has 0 radical (unpaired) electrons. The van der Waals surface area contributed by atoms with E-state index in [1.807, 2.05) is 26.8 Å². The van der Waals surface area contributed by atoms with Crippen LogP contribution in [0.25, 0.3) is 0 Å². The maximum absolute atomic E-state index is 5.81. The van der Waals surface area contributed by atoms with Gasteiger partial charge in [0.15, 0.2) is 0 Å². The van der Waals surface area contributed by atoms with Gasteiger partial charge in [-0.25, -0.2) is 0 Å². The van der Waals surface area contributed by atoms with Gasteiger partial charge in [0, 0.05) is 6.21 Å². The lowest BCUT2D eigenvalue weighted by molar-refractivity contribution is 0.604. The van der Waals surface area contributed by atoms with E-state index in [0.717, 1.165) is 5.70 Å². The van der Waals surface area contributed by atoms with Gasteiger partial charge >= 0.3 is 0 Å². The number of hydrogen-bond donors (Lipinski definition) is 1.